The SMILES string of the molecule is CNC(=O)C1CNCCN1C1CCCCCCC1. The van der Waals surface area contributed by atoms with Crippen LogP contribution < -0.4 is 10.6 Å². The summed E-state index contributed by atoms with van der Waals surface area (Å²) in [7, 11) is 1.74. The summed E-state index contributed by atoms with van der Waals surface area (Å²) in [6, 6.07) is 0.655. The number of nitrogens with one attached hydrogen (secondary N) is 2. The van der Waals surface area contributed by atoms with Gasteiger partial charge in [-0.1, -0.05) is 32.1 Å². The molecule has 1 unspecified atom stereocenters. The molecule has 1 saturated carbocycles. The Morgan fingerprint density at radius 1 is 1.17 bits per heavy atom. The zero-order chi connectivity index (χ0) is 12.8. The Kier molecular flexibility index (Phi) is 5.45. The van der Waals surface area contributed by atoms with E-state index in [4.69, 9.17) is 0 Å². The molecule has 2 rings (SSSR count). The lowest BCUT2D eigenvalue weighted by Gasteiger charge is -2.41. The molecule has 1 amide bonds. The van der Waals surface area contributed by atoms with Crippen molar-refractivity contribution in [1.29, 1.82) is 0 Å². The number of likely N-dealkylation sites (N-methyl/N-ethyl adjacent to an activating group) is 1. The van der Waals surface area contributed by atoms with Crippen molar-refractivity contribution >= 4 is 5.91 Å². The van der Waals surface area contributed by atoms with Crippen molar-refractivity contribution in [2.75, 3.05) is 26.7 Å². The summed E-state index contributed by atoms with van der Waals surface area (Å²) in [6.45, 7) is 2.84. The van der Waals surface area contributed by atoms with Crippen molar-refractivity contribution in [3.8, 4) is 0 Å². The summed E-state index contributed by atoms with van der Waals surface area (Å²) in [5.74, 6) is 0.171. The van der Waals surface area contributed by atoms with Crippen LogP contribution in [-0.4, -0.2) is 49.6 Å². The molecule has 18 heavy (non-hydrogen) atoms. The first kappa shape index (κ1) is 13.8. The van der Waals surface area contributed by atoms with Gasteiger partial charge in [-0.2, -0.15) is 0 Å². The molecule has 4 heteroatoms. The van der Waals surface area contributed by atoms with Gasteiger partial charge in [0.25, 0.3) is 0 Å². The molecule has 0 bridgehead atoms. The van der Waals surface area contributed by atoms with Gasteiger partial charge in [-0.25, -0.2) is 0 Å². The topological polar surface area (TPSA) is 44.4 Å². The predicted octanol–water partition coefficient (Wildman–Crippen LogP) is 1.12. The van der Waals surface area contributed by atoms with Crippen LogP contribution in [0.15, 0.2) is 0 Å². The van der Waals surface area contributed by atoms with Crippen LogP contribution in [0.25, 0.3) is 0 Å². The molecule has 4 nitrogen and oxygen atoms in total. The van der Waals surface area contributed by atoms with E-state index in [1.54, 1.807) is 7.05 Å². The first-order valence-electron chi connectivity index (χ1n) is 7.51. The second-order valence-electron chi connectivity index (χ2n) is 5.57. The summed E-state index contributed by atoms with van der Waals surface area (Å²) in [4.78, 5) is 14.4. The average Bonchev–Trinajstić information content (AvgIpc) is 2.38. The highest BCUT2D eigenvalue weighted by Gasteiger charge is 2.32. The summed E-state index contributed by atoms with van der Waals surface area (Å²) >= 11 is 0. The molecule has 0 aromatic carbocycles. The summed E-state index contributed by atoms with van der Waals surface area (Å²) in [6.07, 6.45) is 9.33. The van der Waals surface area contributed by atoms with E-state index < -0.39 is 0 Å². The van der Waals surface area contributed by atoms with Crippen molar-refractivity contribution in [2.45, 2.75) is 57.0 Å². The fourth-order valence-electron chi connectivity index (χ4n) is 3.33. The Labute approximate surface area is 110 Å². The number of amides is 1. The molecule has 0 spiro atoms. The van der Waals surface area contributed by atoms with Crippen LogP contribution >= 0.6 is 0 Å². The van der Waals surface area contributed by atoms with Crippen LogP contribution in [0.3, 0.4) is 0 Å². The molecular weight excluding hydrogens is 226 g/mol. The van der Waals surface area contributed by atoms with Crippen LogP contribution in [0.1, 0.15) is 44.9 Å². The zero-order valence-corrected chi connectivity index (χ0v) is 11.6. The number of rotatable bonds is 2. The highest BCUT2D eigenvalue weighted by atomic mass is 16.2. The molecule has 104 valence electrons. The molecule has 2 fully saturated rings. The minimum absolute atomic E-state index is 0.0353. The average molecular weight is 253 g/mol. The standard InChI is InChI=1S/C14H27N3O/c1-15-14(18)13-11-16-9-10-17(13)12-7-5-3-2-4-6-8-12/h12-13,16H,2-11H2,1H3,(H,15,18). The molecule has 0 aromatic heterocycles. The number of nitrogens with zero attached hydrogens (tertiary/aromatic N) is 1. The number of carbonyl (C=O) groups is 1. The quantitative estimate of drug-likeness (QED) is 0.775. The lowest BCUT2D eigenvalue weighted by atomic mass is 9.94. The number of hydrogen-bond donors (Lipinski definition) is 2. The summed E-state index contributed by atoms with van der Waals surface area (Å²) in [5.41, 5.74) is 0. The highest BCUT2D eigenvalue weighted by molar-refractivity contribution is 5.81. The van der Waals surface area contributed by atoms with E-state index in [1.807, 2.05) is 0 Å². The van der Waals surface area contributed by atoms with E-state index in [9.17, 15) is 4.79 Å². The van der Waals surface area contributed by atoms with E-state index >= 15 is 0 Å². The van der Waals surface area contributed by atoms with Crippen LogP contribution in [0, 0.1) is 0 Å². The van der Waals surface area contributed by atoms with Crippen LogP contribution in [-0.2, 0) is 4.79 Å². The number of carbonyl (C=O) groups excluding carboxylic acids is 1. The van der Waals surface area contributed by atoms with E-state index in [1.165, 1.54) is 44.9 Å². The lowest BCUT2D eigenvalue weighted by molar-refractivity contribution is -0.127. The minimum atomic E-state index is 0.0353. The first-order valence-corrected chi connectivity index (χ1v) is 7.51. The fraction of sp³-hybridized carbons (Fsp3) is 0.929. The van der Waals surface area contributed by atoms with Gasteiger partial charge in [-0.3, -0.25) is 9.69 Å². The third-order valence-electron chi connectivity index (χ3n) is 4.38. The molecule has 0 aromatic rings. The highest BCUT2D eigenvalue weighted by Crippen LogP contribution is 2.23. The molecule has 2 N–H and O–H groups in total. The van der Waals surface area contributed by atoms with Crippen molar-refractivity contribution in [3.05, 3.63) is 0 Å². The molecule has 0 radical (unpaired) electrons. The van der Waals surface area contributed by atoms with Gasteiger partial charge in [-0.05, 0) is 12.8 Å². The second-order valence-corrected chi connectivity index (χ2v) is 5.57. The third-order valence-corrected chi connectivity index (χ3v) is 4.38. The van der Waals surface area contributed by atoms with E-state index in [-0.39, 0.29) is 11.9 Å². The normalized spacial score (nSPS) is 28.4. The summed E-state index contributed by atoms with van der Waals surface area (Å²) in [5, 5.41) is 6.16. The Balaban J connectivity index is 1.99. The van der Waals surface area contributed by atoms with Gasteiger partial charge in [0.1, 0.15) is 6.04 Å². The lowest BCUT2D eigenvalue weighted by Crippen LogP contribution is -2.60. The smallest absolute Gasteiger partial charge is 0.238 e. The minimum Gasteiger partial charge on any atom is -0.358 e. The number of hydrogen-bond acceptors (Lipinski definition) is 3. The first-order chi connectivity index (χ1) is 8.83. The van der Waals surface area contributed by atoms with Crippen LogP contribution in [0.4, 0.5) is 0 Å². The summed E-state index contributed by atoms with van der Waals surface area (Å²) < 4.78 is 0. The van der Waals surface area contributed by atoms with Crippen molar-refractivity contribution in [1.82, 2.24) is 15.5 Å². The van der Waals surface area contributed by atoms with Gasteiger partial charge in [-0.15, -0.1) is 0 Å². The fourth-order valence-corrected chi connectivity index (χ4v) is 3.33. The molecular formula is C14H27N3O. The zero-order valence-electron chi connectivity index (χ0n) is 11.6. The predicted molar refractivity (Wildman–Crippen MR) is 73.5 cm³/mol. The Morgan fingerprint density at radius 3 is 2.50 bits per heavy atom. The van der Waals surface area contributed by atoms with Crippen LogP contribution in [0.2, 0.25) is 0 Å². The van der Waals surface area contributed by atoms with Gasteiger partial charge >= 0.3 is 0 Å². The molecule has 1 atom stereocenters. The Bertz CT molecular complexity index is 262. The van der Waals surface area contributed by atoms with Gasteiger partial charge < -0.3 is 10.6 Å². The third kappa shape index (κ3) is 3.45. The monoisotopic (exact) mass is 253 g/mol. The van der Waals surface area contributed by atoms with E-state index in [0.717, 1.165) is 19.6 Å². The molecule has 1 aliphatic heterocycles. The maximum absolute atomic E-state index is 12.0. The van der Waals surface area contributed by atoms with Crippen molar-refractivity contribution in [2.24, 2.45) is 0 Å². The molecule has 1 heterocycles. The molecule has 1 saturated heterocycles. The van der Waals surface area contributed by atoms with E-state index in [0.29, 0.717) is 6.04 Å². The molecule has 1 aliphatic carbocycles. The largest absolute Gasteiger partial charge is 0.358 e. The van der Waals surface area contributed by atoms with E-state index in [2.05, 4.69) is 15.5 Å². The van der Waals surface area contributed by atoms with Crippen LogP contribution in [0.5, 0.6) is 0 Å². The van der Waals surface area contributed by atoms with Gasteiger partial charge in [0.2, 0.25) is 5.91 Å². The van der Waals surface area contributed by atoms with Gasteiger partial charge in [0, 0.05) is 32.7 Å². The maximum atomic E-state index is 12.0. The Hall–Kier alpha value is -0.610. The second kappa shape index (κ2) is 7.10. The van der Waals surface area contributed by atoms with Gasteiger partial charge in [0.05, 0.1) is 0 Å². The van der Waals surface area contributed by atoms with Crippen molar-refractivity contribution in [3.63, 3.8) is 0 Å². The van der Waals surface area contributed by atoms with Gasteiger partial charge in [0.15, 0.2) is 0 Å². The molecule has 2 aliphatic rings. The Morgan fingerprint density at radius 2 is 1.83 bits per heavy atom. The maximum Gasteiger partial charge on any atom is 0.238 e. The number of piperazine rings is 1. The van der Waals surface area contributed by atoms with Crippen molar-refractivity contribution < 1.29 is 4.79 Å².